The lowest BCUT2D eigenvalue weighted by Crippen LogP contribution is -2.41. The number of carbonyl (C=O) groups excluding carboxylic acids is 2. The third kappa shape index (κ3) is 2.80. The molecule has 0 bridgehead atoms. The summed E-state index contributed by atoms with van der Waals surface area (Å²) in [5.41, 5.74) is -0.688. The Morgan fingerprint density at radius 2 is 2.00 bits per heavy atom. The zero-order valence-corrected chi connectivity index (χ0v) is 14.2. The number of urea groups is 1. The number of nitrogens with one attached hydrogen (secondary N) is 1. The van der Waals surface area contributed by atoms with Crippen molar-refractivity contribution in [2.24, 2.45) is 0 Å². The molecule has 1 aliphatic rings. The van der Waals surface area contributed by atoms with Gasteiger partial charge in [-0.3, -0.25) is 9.69 Å². The highest BCUT2D eigenvalue weighted by Crippen LogP contribution is 2.33. The second kappa shape index (κ2) is 6.00. The number of rotatable bonds is 4. The van der Waals surface area contributed by atoms with Crippen LogP contribution >= 0.6 is 0 Å². The van der Waals surface area contributed by atoms with Crippen molar-refractivity contribution in [3.63, 3.8) is 0 Å². The monoisotopic (exact) mass is 346 g/mol. The number of nitrogens with zero attached hydrogens (tertiary/aromatic N) is 1. The largest absolute Gasteiger partial charge is 0.466 e. The molecule has 132 valence electrons. The smallest absolute Gasteiger partial charge is 0.325 e. The molecule has 2 atom stereocenters. The maximum Gasteiger partial charge on any atom is 0.325 e. The molecule has 1 aliphatic heterocycles. The van der Waals surface area contributed by atoms with Gasteiger partial charge in [-0.1, -0.05) is 18.2 Å². The average molecular weight is 346 g/mol. The predicted octanol–water partition coefficient (Wildman–Crippen LogP) is 2.54. The van der Waals surface area contributed by atoms with E-state index in [4.69, 9.17) is 4.42 Å². The number of aliphatic hydroxyl groups excluding tert-OH is 1. The highest BCUT2D eigenvalue weighted by atomic mass is 19.1. The van der Waals surface area contributed by atoms with Crippen LogP contribution in [-0.4, -0.2) is 28.5 Å². The lowest BCUT2D eigenvalue weighted by Gasteiger charge is -2.22. The van der Waals surface area contributed by atoms with Gasteiger partial charge < -0.3 is 14.8 Å². The number of halogens is 1. The Morgan fingerprint density at radius 3 is 2.60 bits per heavy atom. The van der Waals surface area contributed by atoms with Crippen LogP contribution in [0.25, 0.3) is 0 Å². The van der Waals surface area contributed by atoms with Crippen LogP contribution < -0.4 is 5.32 Å². The molecule has 0 aliphatic carbocycles. The van der Waals surface area contributed by atoms with E-state index in [9.17, 15) is 19.1 Å². The molecule has 0 saturated carbocycles. The SMILES string of the molecule is Cc1cc([C@]2(C)NC(=O)N(C[C@H](O)c3ccccc3F)C2=O)c(C)o1. The minimum atomic E-state index is -1.31. The van der Waals surface area contributed by atoms with E-state index in [1.54, 1.807) is 32.9 Å². The Kier molecular flexibility index (Phi) is 4.12. The van der Waals surface area contributed by atoms with Gasteiger partial charge in [0.05, 0.1) is 12.6 Å². The molecule has 0 spiro atoms. The second-order valence-electron chi connectivity index (χ2n) is 6.34. The summed E-state index contributed by atoms with van der Waals surface area (Å²) in [5, 5.41) is 12.9. The van der Waals surface area contributed by atoms with Crippen molar-refractivity contribution in [1.29, 1.82) is 0 Å². The summed E-state index contributed by atoms with van der Waals surface area (Å²) < 4.78 is 19.3. The Balaban J connectivity index is 1.87. The molecule has 7 heteroatoms. The van der Waals surface area contributed by atoms with Crippen molar-refractivity contribution in [3.05, 3.63) is 58.8 Å². The van der Waals surface area contributed by atoms with Gasteiger partial charge in [-0.2, -0.15) is 0 Å². The van der Waals surface area contributed by atoms with Crippen molar-refractivity contribution in [2.75, 3.05) is 6.54 Å². The second-order valence-corrected chi connectivity index (χ2v) is 6.34. The number of β-amino-alcohol motifs (C(OH)–C–C–N with tert-alkyl or cyclic N) is 1. The summed E-state index contributed by atoms with van der Waals surface area (Å²) in [6, 6.07) is 6.77. The molecule has 6 nitrogen and oxygen atoms in total. The van der Waals surface area contributed by atoms with Gasteiger partial charge in [0.25, 0.3) is 5.91 Å². The molecular weight excluding hydrogens is 327 g/mol. The van der Waals surface area contributed by atoms with Crippen LogP contribution in [0.3, 0.4) is 0 Å². The average Bonchev–Trinajstić information content (AvgIpc) is 3.00. The predicted molar refractivity (Wildman–Crippen MR) is 87.1 cm³/mol. The minimum absolute atomic E-state index is 0.0343. The molecule has 1 saturated heterocycles. The Morgan fingerprint density at radius 1 is 1.32 bits per heavy atom. The van der Waals surface area contributed by atoms with Crippen molar-refractivity contribution < 1.29 is 23.5 Å². The highest BCUT2D eigenvalue weighted by Gasteiger charge is 2.51. The summed E-state index contributed by atoms with van der Waals surface area (Å²) in [4.78, 5) is 26.1. The fourth-order valence-corrected chi connectivity index (χ4v) is 3.19. The van der Waals surface area contributed by atoms with Crippen molar-refractivity contribution in [1.82, 2.24) is 10.2 Å². The summed E-state index contributed by atoms with van der Waals surface area (Å²) in [6.45, 7) is 4.71. The fraction of sp³-hybridized carbons (Fsp3) is 0.333. The molecule has 2 N–H and O–H groups in total. The van der Waals surface area contributed by atoms with Crippen LogP contribution in [0.5, 0.6) is 0 Å². The Bertz CT molecular complexity index is 847. The molecule has 3 rings (SSSR count). The lowest BCUT2D eigenvalue weighted by molar-refractivity contribution is -0.132. The van der Waals surface area contributed by atoms with Gasteiger partial charge in [0.15, 0.2) is 0 Å². The van der Waals surface area contributed by atoms with Crippen molar-refractivity contribution in [2.45, 2.75) is 32.4 Å². The van der Waals surface area contributed by atoms with Crippen LogP contribution in [0.4, 0.5) is 9.18 Å². The molecule has 1 aromatic carbocycles. The number of benzene rings is 1. The zero-order chi connectivity index (χ0) is 18.4. The van der Waals surface area contributed by atoms with E-state index in [1.165, 1.54) is 18.2 Å². The lowest BCUT2D eigenvalue weighted by atomic mass is 9.92. The highest BCUT2D eigenvalue weighted by molar-refractivity contribution is 6.07. The van der Waals surface area contributed by atoms with Crippen LogP contribution in [0.2, 0.25) is 0 Å². The van der Waals surface area contributed by atoms with Crippen LogP contribution in [0, 0.1) is 19.7 Å². The van der Waals surface area contributed by atoms with Crippen LogP contribution in [0.1, 0.15) is 35.7 Å². The van der Waals surface area contributed by atoms with E-state index in [2.05, 4.69) is 5.32 Å². The number of hydrogen-bond acceptors (Lipinski definition) is 4. The van der Waals surface area contributed by atoms with E-state index >= 15 is 0 Å². The molecule has 3 amide bonds. The zero-order valence-electron chi connectivity index (χ0n) is 14.2. The van der Waals surface area contributed by atoms with E-state index in [0.717, 1.165) is 4.90 Å². The number of aryl methyl sites for hydroxylation is 2. The first kappa shape index (κ1) is 17.2. The molecule has 2 aromatic rings. The number of imide groups is 1. The van der Waals surface area contributed by atoms with E-state index in [0.29, 0.717) is 17.1 Å². The fourth-order valence-electron chi connectivity index (χ4n) is 3.19. The minimum Gasteiger partial charge on any atom is -0.466 e. The van der Waals surface area contributed by atoms with Crippen LogP contribution in [0.15, 0.2) is 34.7 Å². The number of amides is 3. The normalized spacial score (nSPS) is 21.6. The maximum absolute atomic E-state index is 13.8. The molecule has 1 aromatic heterocycles. The van der Waals surface area contributed by atoms with Gasteiger partial charge in [0, 0.05) is 11.1 Å². The molecule has 2 heterocycles. The maximum atomic E-state index is 13.8. The van der Waals surface area contributed by atoms with Gasteiger partial charge >= 0.3 is 6.03 Å². The molecule has 1 fully saturated rings. The summed E-state index contributed by atoms with van der Waals surface area (Å²) in [7, 11) is 0. The molecule has 0 radical (unpaired) electrons. The van der Waals surface area contributed by atoms with Gasteiger partial charge in [0.2, 0.25) is 0 Å². The summed E-state index contributed by atoms with van der Waals surface area (Å²) in [5.74, 6) is 0.0497. The Labute approximate surface area is 144 Å². The number of carbonyl (C=O) groups is 2. The number of aliphatic hydroxyl groups is 1. The summed E-state index contributed by atoms with van der Waals surface area (Å²) >= 11 is 0. The molecule has 0 unspecified atom stereocenters. The van der Waals surface area contributed by atoms with Crippen LogP contribution in [-0.2, 0) is 10.3 Å². The quantitative estimate of drug-likeness (QED) is 0.834. The summed E-state index contributed by atoms with van der Waals surface area (Å²) in [6.07, 6.45) is -1.31. The van der Waals surface area contributed by atoms with E-state index in [-0.39, 0.29) is 12.1 Å². The van der Waals surface area contributed by atoms with Gasteiger partial charge in [-0.25, -0.2) is 9.18 Å². The third-order valence-electron chi connectivity index (χ3n) is 4.47. The van der Waals surface area contributed by atoms with Gasteiger partial charge in [0.1, 0.15) is 22.9 Å². The standard InChI is InChI=1S/C18H19FN2O4/c1-10-8-13(11(2)25-10)18(3)16(23)21(17(24)20-18)9-15(22)12-6-4-5-7-14(12)19/h4-8,15,22H,9H2,1-3H3,(H,20,24)/t15-,18-/m0/s1. The molecule has 25 heavy (non-hydrogen) atoms. The topological polar surface area (TPSA) is 82.8 Å². The van der Waals surface area contributed by atoms with E-state index in [1.807, 2.05) is 0 Å². The van der Waals surface area contributed by atoms with Gasteiger partial charge in [-0.05, 0) is 32.9 Å². The van der Waals surface area contributed by atoms with Crippen molar-refractivity contribution >= 4 is 11.9 Å². The first-order chi connectivity index (χ1) is 11.7. The first-order valence-electron chi connectivity index (χ1n) is 7.88. The first-order valence-corrected chi connectivity index (χ1v) is 7.88. The Hall–Kier alpha value is -2.67. The van der Waals surface area contributed by atoms with Gasteiger partial charge in [-0.15, -0.1) is 0 Å². The van der Waals surface area contributed by atoms with Crippen molar-refractivity contribution in [3.8, 4) is 0 Å². The van der Waals surface area contributed by atoms with E-state index < -0.39 is 29.4 Å². The number of hydrogen-bond donors (Lipinski definition) is 2. The third-order valence-corrected chi connectivity index (χ3v) is 4.47. The molecular formula is C18H19FN2O4. The number of furan rings is 1.